The minimum Gasteiger partial charge on any atom is -0.502 e. The Kier molecular flexibility index (Phi) is 5.12. The van der Waals surface area contributed by atoms with Crippen molar-refractivity contribution in [1.29, 1.82) is 0 Å². The van der Waals surface area contributed by atoms with E-state index in [1.807, 2.05) is 0 Å². The van der Waals surface area contributed by atoms with Gasteiger partial charge in [-0.25, -0.2) is 4.79 Å². The molecule has 28 heavy (non-hydrogen) atoms. The number of carboxylic acids is 1. The van der Waals surface area contributed by atoms with Crippen LogP contribution in [-0.2, 0) is 11.2 Å². The molecule has 2 aromatic carbocycles. The first-order valence-electron chi connectivity index (χ1n) is 8.22. The molecule has 3 aromatic rings. The third-order valence-corrected chi connectivity index (χ3v) is 4.29. The molecule has 0 saturated carbocycles. The van der Waals surface area contributed by atoms with Crippen molar-refractivity contribution in [2.75, 3.05) is 21.3 Å². The summed E-state index contributed by atoms with van der Waals surface area (Å²) < 4.78 is 21.3. The van der Waals surface area contributed by atoms with E-state index < -0.39 is 18.0 Å². The zero-order valence-corrected chi connectivity index (χ0v) is 15.4. The average Bonchev–Trinajstić information content (AvgIpc) is 2.68. The molecule has 1 aromatic heterocycles. The van der Waals surface area contributed by atoms with Gasteiger partial charge in [0.25, 0.3) is 0 Å². The van der Waals surface area contributed by atoms with E-state index in [1.165, 1.54) is 21.3 Å². The van der Waals surface area contributed by atoms with Crippen LogP contribution in [-0.4, -0.2) is 37.5 Å². The Morgan fingerprint density at radius 3 is 2.14 bits per heavy atom. The molecular formula is C20H18O8. The highest BCUT2D eigenvalue weighted by molar-refractivity contribution is 6.05. The van der Waals surface area contributed by atoms with E-state index in [0.717, 1.165) is 0 Å². The maximum atomic E-state index is 12.7. The van der Waals surface area contributed by atoms with Gasteiger partial charge >= 0.3 is 11.6 Å². The Morgan fingerprint density at radius 1 is 1.00 bits per heavy atom. The number of methoxy groups -OCH3 is 3. The first-order valence-corrected chi connectivity index (χ1v) is 8.22. The van der Waals surface area contributed by atoms with Crippen molar-refractivity contribution in [2.24, 2.45) is 0 Å². The molecule has 0 bridgehead atoms. The van der Waals surface area contributed by atoms with Crippen LogP contribution in [0.2, 0.25) is 0 Å². The topological polar surface area (TPSA) is 115 Å². The molecule has 8 heteroatoms. The molecule has 0 aliphatic heterocycles. The summed E-state index contributed by atoms with van der Waals surface area (Å²) in [6.45, 7) is 0. The summed E-state index contributed by atoms with van der Waals surface area (Å²) in [5.41, 5.74) is -0.0890. The molecule has 2 N–H and O–H groups in total. The molecule has 0 amide bonds. The number of fused-ring (bicyclic) bond motifs is 1. The first kappa shape index (κ1) is 19.1. The molecule has 0 fully saturated rings. The fraction of sp³-hybridized carbons (Fsp3) is 0.200. The van der Waals surface area contributed by atoms with Crippen LogP contribution in [0.25, 0.3) is 22.1 Å². The van der Waals surface area contributed by atoms with E-state index >= 15 is 0 Å². The second kappa shape index (κ2) is 7.51. The predicted octanol–water partition coefficient (Wildman–Crippen LogP) is 2.82. The molecule has 0 spiro atoms. The summed E-state index contributed by atoms with van der Waals surface area (Å²) in [6.07, 6.45) is -0.569. The van der Waals surface area contributed by atoms with Gasteiger partial charge in [0.1, 0.15) is 0 Å². The number of aromatic hydroxyl groups is 1. The van der Waals surface area contributed by atoms with E-state index in [9.17, 15) is 19.8 Å². The molecule has 0 atom stereocenters. The fourth-order valence-electron chi connectivity index (χ4n) is 3.19. The monoisotopic (exact) mass is 386 g/mol. The van der Waals surface area contributed by atoms with Crippen molar-refractivity contribution in [3.05, 3.63) is 46.3 Å². The van der Waals surface area contributed by atoms with Crippen LogP contribution in [0.5, 0.6) is 23.0 Å². The summed E-state index contributed by atoms with van der Waals surface area (Å²) >= 11 is 0. The molecule has 1 heterocycles. The fourth-order valence-corrected chi connectivity index (χ4v) is 3.19. The Balaban J connectivity index is 2.63. The average molecular weight is 386 g/mol. The van der Waals surface area contributed by atoms with Crippen LogP contribution in [0.15, 0.2) is 39.5 Å². The van der Waals surface area contributed by atoms with Crippen molar-refractivity contribution in [3.8, 4) is 34.1 Å². The van der Waals surface area contributed by atoms with E-state index in [0.29, 0.717) is 5.56 Å². The lowest BCUT2D eigenvalue weighted by molar-refractivity contribution is -0.136. The predicted molar refractivity (Wildman–Crippen MR) is 101 cm³/mol. The van der Waals surface area contributed by atoms with Crippen LogP contribution in [0.4, 0.5) is 0 Å². The zero-order chi connectivity index (χ0) is 20.4. The number of aliphatic carboxylic acids is 1. The number of benzene rings is 2. The Bertz CT molecular complexity index is 1100. The van der Waals surface area contributed by atoms with Gasteiger partial charge in [0.15, 0.2) is 11.3 Å². The summed E-state index contributed by atoms with van der Waals surface area (Å²) in [4.78, 5) is 24.1. The van der Waals surface area contributed by atoms with Crippen LogP contribution >= 0.6 is 0 Å². The lowest BCUT2D eigenvalue weighted by Gasteiger charge is -2.19. The van der Waals surface area contributed by atoms with Crippen LogP contribution in [0, 0.1) is 0 Å². The maximum Gasteiger partial charge on any atom is 0.340 e. The van der Waals surface area contributed by atoms with Gasteiger partial charge in [-0.2, -0.15) is 0 Å². The highest BCUT2D eigenvalue weighted by Crippen LogP contribution is 2.52. The highest BCUT2D eigenvalue weighted by atomic mass is 16.5. The van der Waals surface area contributed by atoms with Crippen LogP contribution in [0.1, 0.15) is 5.56 Å². The van der Waals surface area contributed by atoms with Gasteiger partial charge in [-0.1, -0.05) is 30.3 Å². The molecule has 0 unspecified atom stereocenters. The standard InChI is InChI=1S/C20H18O8/c1-25-16-14-13(10-7-5-4-6-8-10)11(9-12(21)22)20(24)28-17(14)19(27-3)18(26-2)15(16)23/h4-8,23H,9H2,1-3H3,(H,21,22). The number of carboxylic acid groups (broad SMARTS) is 1. The first-order chi connectivity index (χ1) is 13.4. The van der Waals surface area contributed by atoms with Gasteiger partial charge in [-0.15, -0.1) is 0 Å². The van der Waals surface area contributed by atoms with E-state index in [2.05, 4.69) is 0 Å². The third kappa shape index (κ3) is 2.98. The van der Waals surface area contributed by atoms with Gasteiger partial charge in [-0.05, 0) is 5.56 Å². The van der Waals surface area contributed by atoms with Crippen molar-refractivity contribution in [1.82, 2.24) is 0 Å². The minimum absolute atomic E-state index is 0.00745. The lowest BCUT2D eigenvalue weighted by atomic mass is 9.94. The van der Waals surface area contributed by atoms with E-state index in [-0.39, 0.29) is 45.1 Å². The Labute approximate surface area is 159 Å². The number of carbonyl (C=O) groups is 1. The molecular weight excluding hydrogens is 368 g/mol. The molecule has 0 saturated heterocycles. The Morgan fingerprint density at radius 2 is 1.61 bits per heavy atom. The van der Waals surface area contributed by atoms with Crippen molar-refractivity contribution in [3.63, 3.8) is 0 Å². The number of phenolic OH excluding ortho intramolecular Hbond substituents is 1. The molecule has 0 aliphatic rings. The second-order valence-electron chi connectivity index (χ2n) is 5.83. The molecule has 3 rings (SSSR count). The number of ether oxygens (including phenoxy) is 3. The minimum atomic E-state index is -1.20. The summed E-state index contributed by atoms with van der Waals surface area (Å²) in [5.74, 6) is -1.66. The largest absolute Gasteiger partial charge is 0.502 e. The van der Waals surface area contributed by atoms with Gasteiger partial charge in [-0.3, -0.25) is 4.79 Å². The smallest absolute Gasteiger partial charge is 0.340 e. The summed E-state index contributed by atoms with van der Waals surface area (Å²) in [7, 11) is 3.98. The number of rotatable bonds is 6. The normalized spacial score (nSPS) is 10.7. The lowest BCUT2D eigenvalue weighted by Crippen LogP contribution is -2.15. The van der Waals surface area contributed by atoms with Gasteiger partial charge in [0, 0.05) is 5.56 Å². The van der Waals surface area contributed by atoms with Gasteiger partial charge in [0.2, 0.25) is 17.2 Å². The van der Waals surface area contributed by atoms with Crippen LogP contribution in [0.3, 0.4) is 0 Å². The molecule has 146 valence electrons. The zero-order valence-electron chi connectivity index (χ0n) is 15.4. The van der Waals surface area contributed by atoms with E-state index in [1.54, 1.807) is 30.3 Å². The summed E-state index contributed by atoms with van der Waals surface area (Å²) in [6, 6.07) is 8.70. The van der Waals surface area contributed by atoms with E-state index in [4.69, 9.17) is 18.6 Å². The molecule has 0 radical (unpaired) electrons. The van der Waals surface area contributed by atoms with Crippen LogP contribution < -0.4 is 19.8 Å². The van der Waals surface area contributed by atoms with Gasteiger partial charge < -0.3 is 28.8 Å². The molecule has 0 aliphatic carbocycles. The maximum absolute atomic E-state index is 12.7. The summed E-state index contributed by atoms with van der Waals surface area (Å²) in [5, 5.41) is 20.1. The third-order valence-electron chi connectivity index (χ3n) is 4.29. The number of hydrogen-bond donors (Lipinski definition) is 2. The Hall–Kier alpha value is -3.68. The van der Waals surface area contributed by atoms with Crippen molar-refractivity contribution < 1.29 is 33.6 Å². The molecule has 8 nitrogen and oxygen atoms in total. The number of phenols is 1. The van der Waals surface area contributed by atoms with Crippen molar-refractivity contribution in [2.45, 2.75) is 6.42 Å². The van der Waals surface area contributed by atoms with Crippen molar-refractivity contribution >= 4 is 16.9 Å². The highest BCUT2D eigenvalue weighted by Gasteiger charge is 2.29. The quantitative estimate of drug-likeness (QED) is 0.622. The van der Waals surface area contributed by atoms with Gasteiger partial charge in [0.05, 0.1) is 38.7 Å². The SMILES string of the molecule is COc1c(O)c(OC)c2c(-c3ccccc3)c(CC(=O)O)c(=O)oc2c1OC. The second-order valence-corrected chi connectivity index (χ2v) is 5.83. The number of hydrogen-bond acceptors (Lipinski definition) is 7.